The first kappa shape index (κ1) is 12.3. The lowest BCUT2D eigenvalue weighted by Crippen LogP contribution is -2.00. The van der Waals surface area contributed by atoms with Crippen LogP contribution in [-0.2, 0) is 16.0 Å². The molecular weight excluding hydrogens is 212 g/mol. The van der Waals surface area contributed by atoms with Crippen LogP contribution in [-0.4, -0.2) is 24.2 Å². The Morgan fingerprint density at radius 2 is 2.19 bits per heavy atom. The minimum absolute atomic E-state index is 0.0906. The molecule has 0 saturated carbocycles. The summed E-state index contributed by atoms with van der Waals surface area (Å²) in [7, 11) is 1.30. The lowest BCUT2D eigenvalue weighted by Gasteiger charge is -1.93. The predicted molar refractivity (Wildman–Crippen MR) is 55.4 cm³/mol. The Hall–Kier alpha value is -1.78. The van der Waals surface area contributed by atoms with Crippen molar-refractivity contribution in [2.45, 2.75) is 26.2 Å². The Morgan fingerprint density at radius 1 is 1.50 bits per heavy atom. The molecule has 1 aromatic heterocycles. The van der Waals surface area contributed by atoms with Crippen LogP contribution in [0.1, 0.15) is 34.7 Å². The molecule has 0 atom stereocenters. The molecule has 0 aromatic carbocycles. The molecule has 1 heterocycles. The number of esters is 1. The second kappa shape index (κ2) is 5.34. The van der Waals surface area contributed by atoms with Crippen molar-refractivity contribution < 1.29 is 23.8 Å². The van der Waals surface area contributed by atoms with Crippen molar-refractivity contribution in [1.82, 2.24) is 0 Å². The molecular formula is C11H14O5. The van der Waals surface area contributed by atoms with E-state index in [2.05, 4.69) is 4.74 Å². The summed E-state index contributed by atoms with van der Waals surface area (Å²) in [6, 6.07) is 1.60. The first-order valence-corrected chi connectivity index (χ1v) is 4.94. The predicted octanol–water partition coefficient (Wildman–Crippen LogP) is 1.78. The number of carbonyl (C=O) groups excluding carboxylic acids is 1. The molecule has 5 nitrogen and oxygen atoms in total. The summed E-state index contributed by atoms with van der Waals surface area (Å²) in [6.45, 7) is 1.67. The van der Waals surface area contributed by atoms with E-state index in [4.69, 9.17) is 9.52 Å². The Labute approximate surface area is 93.0 Å². The van der Waals surface area contributed by atoms with Crippen molar-refractivity contribution in [2.24, 2.45) is 0 Å². The maximum atomic E-state index is 11.3. The third-order valence-electron chi connectivity index (χ3n) is 2.19. The zero-order chi connectivity index (χ0) is 12.1. The Bertz CT molecular complexity index is 391. The van der Waals surface area contributed by atoms with Gasteiger partial charge in [0.2, 0.25) is 0 Å². The second-order valence-corrected chi connectivity index (χ2v) is 3.42. The third-order valence-corrected chi connectivity index (χ3v) is 2.19. The molecule has 0 bridgehead atoms. The Balaban J connectivity index is 2.62. The van der Waals surface area contributed by atoms with Crippen LogP contribution in [0.4, 0.5) is 0 Å². The average molecular weight is 226 g/mol. The summed E-state index contributed by atoms with van der Waals surface area (Å²) < 4.78 is 9.91. The van der Waals surface area contributed by atoms with Crippen molar-refractivity contribution in [2.75, 3.05) is 7.11 Å². The standard InChI is InChI=1S/C11H14O5/c1-7-9(11(14)15-2)6-8(16-7)4-3-5-10(12)13/h6H,3-5H2,1-2H3,(H,12,13). The van der Waals surface area contributed by atoms with Gasteiger partial charge in [-0.2, -0.15) is 0 Å². The lowest BCUT2D eigenvalue weighted by molar-refractivity contribution is -0.137. The highest BCUT2D eigenvalue weighted by Crippen LogP contribution is 2.17. The third kappa shape index (κ3) is 3.12. The number of methoxy groups -OCH3 is 1. The number of aliphatic carboxylic acids is 1. The van der Waals surface area contributed by atoms with E-state index in [1.165, 1.54) is 7.11 Å². The fourth-order valence-corrected chi connectivity index (χ4v) is 1.39. The molecule has 88 valence electrons. The van der Waals surface area contributed by atoms with Crippen molar-refractivity contribution in [3.63, 3.8) is 0 Å². The van der Waals surface area contributed by atoms with Crippen molar-refractivity contribution in [3.05, 3.63) is 23.2 Å². The number of hydrogen-bond donors (Lipinski definition) is 1. The summed E-state index contributed by atoms with van der Waals surface area (Å²) >= 11 is 0. The van der Waals surface area contributed by atoms with Gasteiger partial charge in [0.1, 0.15) is 17.1 Å². The van der Waals surface area contributed by atoms with Gasteiger partial charge in [-0.25, -0.2) is 4.79 Å². The number of aryl methyl sites for hydroxylation is 2. The normalized spacial score (nSPS) is 10.1. The quantitative estimate of drug-likeness (QED) is 0.774. The number of ether oxygens (including phenoxy) is 1. The van der Waals surface area contributed by atoms with Gasteiger partial charge in [0.25, 0.3) is 0 Å². The maximum absolute atomic E-state index is 11.3. The molecule has 0 saturated heterocycles. The van der Waals surface area contributed by atoms with Gasteiger partial charge in [-0.05, 0) is 19.4 Å². The molecule has 0 unspecified atom stereocenters. The summed E-state index contributed by atoms with van der Waals surface area (Å²) in [6.07, 6.45) is 1.08. The molecule has 0 aliphatic carbocycles. The van der Waals surface area contributed by atoms with Gasteiger partial charge in [0.05, 0.1) is 7.11 Å². The number of carboxylic acids is 1. The van der Waals surface area contributed by atoms with Crippen molar-refractivity contribution in [3.8, 4) is 0 Å². The topological polar surface area (TPSA) is 76.7 Å². The minimum atomic E-state index is -0.837. The molecule has 0 radical (unpaired) electrons. The van der Waals surface area contributed by atoms with E-state index in [1.807, 2.05) is 0 Å². The highest BCUT2D eigenvalue weighted by Gasteiger charge is 2.15. The van der Waals surface area contributed by atoms with Gasteiger partial charge < -0.3 is 14.3 Å². The van der Waals surface area contributed by atoms with Gasteiger partial charge in [-0.1, -0.05) is 0 Å². The number of carbonyl (C=O) groups is 2. The molecule has 5 heteroatoms. The van der Waals surface area contributed by atoms with E-state index in [9.17, 15) is 9.59 Å². The van der Waals surface area contributed by atoms with Crippen molar-refractivity contribution in [1.29, 1.82) is 0 Å². The van der Waals surface area contributed by atoms with Gasteiger partial charge >= 0.3 is 11.9 Å². The monoisotopic (exact) mass is 226 g/mol. The minimum Gasteiger partial charge on any atom is -0.481 e. The smallest absolute Gasteiger partial charge is 0.341 e. The molecule has 0 spiro atoms. The molecule has 0 aliphatic rings. The van der Waals surface area contributed by atoms with Crippen LogP contribution < -0.4 is 0 Å². The molecule has 1 aromatic rings. The highest BCUT2D eigenvalue weighted by atomic mass is 16.5. The van der Waals surface area contributed by atoms with Crippen LogP contribution in [0.3, 0.4) is 0 Å². The SMILES string of the molecule is COC(=O)c1cc(CCCC(=O)O)oc1C. The summed E-state index contributed by atoms with van der Waals surface area (Å²) in [4.78, 5) is 21.6. The number of hydrogen-bond acceptors (Lipinski definition) is 4. The summed E-state index contributed by atoms with van der Waals surface area (Å²) in [5.74, 6) is -0.168. The van der Waals surface area contributed by atoms with Crippen LogP contribution in [0.15, 0.2) is 10.5 Å². The van der Waals surface area contributed by atoms with Crippen LogP contribution in [0.25, 0.3) is 0 Å². The van der Waals surface area contributed by atoms with Gasteiger partial charge in [-0.3, -0.25) is 4.79 Å². The van der Waals surface area contributed by atoms with E-state index in [0.717, 1.165) is 0 Å². The molecule has 0 fully saturated rings. The molecule has 1 N–H and O–H groups in total. The second-order valence-electron chi connectivity index (χ2n) is 3.42. The zero-order valence-corrected chi connectivity index (χ0v) is 9.28. The Kier molecular flexibility index (Phi) is 4.10. The van der Waals surface area contributed by atoms with Crippen LogP contribution in [0.5, 0.6) is 0 Å². The zero-order valence-electron chi connectivity index (χ0n) is 9.28. The molecule has 0 amide bonds. The largest absolute Gasteiger partial charge is 0.481 e. The molecule has 1 rings (SSSR count). The maximum Gasteiger partial charge on any atom is 0.341 e. The molecule has 16 heavy (non-hydrogen) atoms. The molecule has 0 aliphatic heterocycles. The highest BCUT2D eigenvalue weighted by molar-refractivity contribution is 5.90. The van der Waals surface area contributed by atoms with Gasteiger partial charge in [0.15, 0.2) is 0 Å². The van der Waals surface area contributed by atoms with Gasteiger partial charge in [0, 0.05) is 12.8 Å². The van der Waals surface area contributed by atoms with E-state index >= 15 is 0 Å². The Morgan fingerprint density at radius 3 is 2.75 bits per heavy atom. The summed E-state index contributed by atoms with van der Waals surface area (Å²) in [5.41, 5.74) is 0.396. The van der Waals surface area contributed by atoms with E-state index < -0.39 is 11.9 Å². The fraction of sp³-hybridized carbons (Fsp3) is 0.455. The lowest BCUT2D eigenvalue weighted by atomic mass is 10.2. The van der Waals surface area contributed by atoms with Gasteiger partial charge in [-0.15, -0.1) is 0 Å². The van der Waals surface area contributed by atoms with Crippen molar-refractivity contribution >= 4 is 11.9 Å². The first-order chi connectivity index (χ1) is 7.54. The average Bonchev–Trinajstić information content (AvgIpc) is 2.58. The van der Waals surface area contributed by atoms with Crippen LogP contribution in [0.2, 0.25) is 0 Å². The number of rotatable bonds is 5. The fourth-order valence-electron chi connectivity index (χ4n) is 1.39. The van der Waals surface area contributed by atoms with E-state index in [0.29, 0.717) is 29.9 Å². The van der Waals surface area contributed by atoms with E-state index in [-0.39, 0.29) is 6.42 Å². The van der Waals surface area contributed by atoms with Crippen LogP contribution in [0, 0.1) is 6.92 Å². The number of furan rings is 1. The van der Waals surface area contributed by atoms with E-state index in [1.54, 1.807) is 13.0 Å². The number of carboxylic acid groups (broad SMARTS) is 1. The first-order valence-electron chi connectivity index (χ1n) is 4.94. The van der Waals surface area contributed by atoms with Crippen LogP contribution >= 0.6 is 0 Å². The summed E-state index contributed by atoms with van der Waals surface area (Å²) in [5, 5.41) is 8.47.